The van der Waals surface area contributed by atoms with Crippen molar-refractivity contribution in [2.45, 2.75) is 24.7 Å². The fraction of sp³-hybridized carbons (Fsp3) is 0.0606. The van der Waals surface area contributed by atoms with Crippen LogP contribution in [0.5, 0.6) is 0 Å². The Morgan fingerprint density at radius 3 is 1.39 bits per heavy atom. The third-order valence-corrected chi connectivity index (χ3v) is 15.2. The lowest BCUT2D eigenvalue weighted by atomic mass is 9.73. The maximum Gasteiger partial charge on any atom is 0.135 e. The van der Waals surface area contributed by atoms with E-state index in [0.717, 1.165) is 50.9 Å². The van der Waals surface area contributed by atoms with Crippen LogP contribution in [0.3, 0.4) is 0 Å². The molecule has 1 unspecified atom stereocenters. The third kappa shape index (κ3) is 5.68. The van der Waals surface area contributed by atoms with Crippen LogP contribution >= 0.6 is 0 Å². The van der Waals surface area contributed by atoms with Crippen molar-refractivity contribution in [3.63, 3.8) is 0 Å². The van der Waals surface area contributed by atoms with Crippen LogP contribution in [0.15, 0.2) is 247 Å². The van der Waals surface area contributed by atoms with E-state index in [1.165, 1.54) is 72.3 Å². The second kappa shape index (κ2) is 14.9. The van der Waals surface area contributed by atoms with E-state index in [4.69, 9.17) is 4.42 Å². The average Bonchev–Trinajstić information content (AvgIpc) is 4.09. The van der Waals surface area contributed by atoms with Crippen molar-refractivity contribution in [3.8, 4) is 44.5 Å². The predicted octanol–water partition coefficient (Wildman–Crippen LogP) is 17.7. The van der Waals surface area contributed by atoms with Crippen LogP contribution in [0, 0.1) is 0 Å². The van der Waals surface area contributed by atoms with Gasteiger partial charge in [0.15, 0.2) is 0 Å². The van der Waals surface area contributed by atoms with E-state index >= 15 is 0 Å². The van der Waals surface area contributed by atoms with Gasteiger partial charge in [-0.3, -0.25) is 0 Å². The summed E-state index contributed by atoms with van der Waals surface area (Å²) in [5.41, 5.74) is 22.7. The summed E-state index contributed by atoms with van der Waals surface area (Å²) < 4.78 is 7.32. The Kier molecular flexibility index (Phi) is 8.54. The minimum absolute atomic E-state index is 0.162. The zero-order valence-corrected chi connectivity index (χ0v) is 38.4. The van der Waals surface area contributed by atoms with E-state index in [1.54, 1.807) is 0 Å². The molecule has 1 heterocycles. The first kappa shape index (κ1) is 39.5. The van der Waals surface area contributed by atoms with Gasteiger partial charge >= 0.3 is 0 Å². The van der Waals surface area contributed by atoms with Crippen molar-refractivity contribution in [1.29, 1.82) is 0 Å². The van der Waals surface area contributed by atoms with Gasteiger partial charge in [-0.15, -0.1) is 0 Å². The normalized spacial score (nSPS) is 15.3. The maximum absolute atomic E-state index is 7.32. The molecule has 0 fully saturated rings. The summed E-state index contributed by atoms with van der Waals surface area (Å²) in [4.78, 5) is 4.84. The zero-order valence-electron chi connectivity index (χ0n) is 38.4. The highest BCUT2D eigenvalue weighted by Crippen LogP contribution is 2.66. The van der Waals surface area contributed by atoms with E-state index < -0.39 is 5.41 Å². The number of hydrogen-bond acceptors (Lipinski definition) is 3. The molecule has 0 bridgehead atoms. The first-order chi connectivity index (χ1) is 34.0. The van der Waals surface area contributed by atoms with Gasteiger partial charge in [0.25, 0.3) is 0 Å². The number of furan rings is 1. The Labute approximate surface area is 402 Å². The Hall–Kier alpha value is -8.66. The zero-order chi connectivity index (χ0) is 45.8. The quantitative estimate of drug-likeness (QED) is 0.159. The number of rotatable bonds is 7. The highest BCUT2D eigenvalue weighted by atomic mass is 16.3. The monoisotopic (exact) mass is 882 g/mol. The smallest absolute Gasteiger partial charge is 0.135 e. The number of hydrogen-bond donors (Lipinski definition) is 0. The molecule has 1 aromatic heterocycles. The van der Waals surface area contributed by atoms with E-state index in [1.807, 2.05) is 0 Å². The molecule has 10 aromatic carbocycles. The summed E-state index contributed by atoms with van der Waals surface area (Å²) in [5.74, 6) is 0.973. The topological polar surface area (TPSA) is 19.6 Å². The molecule has 0 radical (unpaired) electrons. The lowest BCUT2D eigenvalue weighted by molar-refractivity contribution is 0.507. The van der Waals surface area contributed by atoms with Crippen molar-refractivity contribution >= 4 is 45.1 Å². The van der Waals surface area contributed by atoms with Gasteiger partial charge in [-0.25, -0.2) is 0 Å². The highest BCUT2D eigenvalue weighted by Gasteiger charge is 2.55. The predicted molar refractivity (Wildman–Crippen MR) is 285 cm³/mol. The molecular formula is C66H46N2O. The summed E-state index contributed by atoms with van der Waals surface area (Å²) in [5, 5.41) is 1.13. The van der Waals surface area contributed by atoms with E-state index in [-0.39, 0.29) is 5.41 Å². The molecule has 3 aliphatic rings. The molecule has 11 aromatic rings. The second-order valence-corrected chi connectivity index (χ2v) is 19.2. The van der Waals surface area contributed by atoms with E-state index in [0.29, 0.717) is 0 Å². The van der Waals surface area contributed by atoms with Crippen molar-refractivity contribution in [1.82, 2.24) is 0 Å². The van der Waals surface area contributed by atoms with E-state index in [9.17, 15) is 0 Å². The maximum atomic E-state index is 7.32. The molecule has 3 heteroatoms. The van der Waals surface area contributed by atoms with Crippen LogP contribution < -0.4 is 9.80 Å². The van der Waals surface area contributed by atoms with Gasteiger partial charge in [0.05, 0.1) is 0 Å². The molecule has 1 atom stereocenters. The van der Waals surface area contributed by atoms with Crippen molar-refractivity contribution in [2.24, 2.45) is 0 Å². The number of nitrogens with zero attached hydrogens (tertiary/aromatic N) is 2. The van der Waals surface area contributed by atoms with Crippen molar-refractivity contribution in [2.75, 3.05) is 9.80 Å². The van der Waals surface area contributed by atoms with E-state index in [2.05, 4.69) is 266 Å². The Bertz CT molecular complexity index is 3770. The number of fused-ring (bicyclic) bond motifs is 15. The Balaban J connectivity index is 1.03. The molecule has 3 aliphatic carbocycles. The number of para-hydroxylation sites is 3. The second-order valence-electron chi connectivity index (χ2n) is 19.2. The third-order valence-electron chi connectivity index (χ3n) is 15.2. The Morgan fingerprint density at radius 2 is 0.739 bits per heavy atom. The molecule has 69 heavy (non-hydrogen) atoms. The fourth-order valence-electron chi connectivity index (χ4n) is 12.2. The number of benzene rings is 10. The highest BCUT2D eigenvalue weighted by molar-refractivity contribution is 6.05. The van der Waals surface area contributed by atoms with Gasteiger partial charge in [0.1, 0.15) is 16.8 Å². The van der Waals surface area contributed by atoms with Crippen LogP contribution in [0.1, 0.15) is 47.4 Å². The van der Waals surface area contributed by atoms with Gasteiger partial charge in [-0.2, -0.15) is 0 Å². The van der Waals surface area contributed by atoms with Crippen LogP contribution in [-0.4, -0.2) is 0 Å². The lowest BCUT2D eigenvalue weighted by Crippen LogP contribution is -2.26. The summed E-state index contributed by atoms with van der Waals surface area (Å²) in [7, 11) is 0. The molecule has 0 saturated heterocycles. The molecule has 0 amide bonds. The molecule has 326 valence electrons. The average molecular weight is 883 g/mol. The standard InChI is InChI=1S/C66H46N2O/c1-65(2)57-27-15-12-24-51(57)53-37-34-48(40-59(53)65)68(47-32-30-44(31-33-47)43-18-6-3-7-19-43)50-36-39-55-61(42-50)66(64-63(55)56-26-14-17-29-62(56)69-64)58-28-16-13-25-52(58)54-38-35-49(41-60(54)66)67(45-20-8-4-9-21-45)46-22-10-5-11-23-46/h3-42H,1-2H3. The largest absolute Gasteiger partial charge is 0.459 e. The summed E-state index contributed by atoms with van der Waals surface area (Å²) >= 11 is 0. The minimum Gasteiger partial charge on any atom is -0.459 e. The van der Waals surface area contributed by atoms with Gasteiger partial charge in [0.2, 0.25) is 0 Å². The first-order valence-corrected chi connectivity index (χ1v) is 24.0. The summed E-state index contributed by atoms with van der Waals surface area (Å²) in [6, 6.07) is 89.0. The Morgan fingerprint density at radius 1 is 0.319 bits per heavy atom. The molecule has 0 N–H and O–H groups in total. The molecule has 0 aliphatic heterocycles. The van der Waals surface area contributed by atoms with Gasteiger partial charge < -0.3 is 14.2 Å². The molecule has 14 rings (SSSR count). The van der Waals surface area contributed by atoms with Crippen LogP contribution in [0.4, 0.5) is 34.1 Å². The fourth-order valence-corrected chi connectivity index (χ4v) is 12.2. The molecule has 0 saturated carbocycles. The lowest BCUT2D eigenvalue weighted by Gasteiger charge is -2.32. The number of anilines is 6. The minimum atomic E-state index is -0.759. The molecular weight excluding hydrogens is 837 g/mol. The molecule has 1 spiro atoms. The van der Waals surface area contributed by atoms with Gasteiger partial charge in [-0.05, 0) is 146 Å². The van der Waals surface area contributed by atoms with Gasteiger partial charge in [-0.1, -0.05) is 178 Å². The van der Waals surface area contributed by atoms with Crippen LogP contribution in [0.25, 0.3) is 55.5 Å². The van der Waals surface area contributed by atoms with Crippen LogP contribution in [0.2, 0.25) is 0 Å². The molecule has 3 nitrogen and oxygen atoms in total. The summed E-state index contributed by atoms with van der Waals surface area (Å²) in [6.07, 6.45) is 0. The van der Waals surface area contributed by atoms with Gasteiger partial charge in [0, 0.05) is 50.5 Å². The SMILES string of the molecule is CC1(C)c2ccccc2-c2ccc(N(c3ccc(-c4ccccc4)cc3)c3ccc4c(c3)C3(c5ccccc5-c5ccc(N(c6ccccc6)c6ccccc6)cc53)c3oc5ccccc5c3-4)cc21. The first-order valence-electron chi connectivity index (χ1n) is 24.0. The van der Waals surface area contributed by atoms with Crippen molar-refractivity contribution in [3.05, 3.63) is 276 Å². The van der Waals surface area contributed by atoms with Crippen molar-refractivity contribution < 1.29 is 4.42 Å². The summed E-state index contributed by atoms with van der Waals surface area (Å²) in [6.45, 7) is 4.73. The van der Waals surface area contributed by atoms with Crippen LogP contribution in [-0.2, 0) is 10.8 Å².